The zero-order chi connectivity index (χ0) is 15.2. The zero-order valence-corrected chi connectivity index (χ0v) is 12.1. The summed E-state index contributed by atoms with van der Waals surface area (Å²) in [4.78, 5) is 12.1. The van der Waals surface area contributed by atoms with E-state index in [1.807, 2.05) is 32.0 Å². The minimum Gasteiger partial charge on any atom is -0.459 e. The van der Waals surface area contributed by atoms with E-state index in [0.29, 0.717) is 17.9 Å². The molecule has 2 N–H and O–H groups in total. The number of rotatable bonds is 3. The summed E-state index contributed by atoms with van der Waals surface area (Å²) < 4.78 is 5.16. The van der Waals surface area contributed by atoms with Gasteiger partial charge in [-0.25, -0.2) is 0 Å². The SMILES string of the molecule is Cc1ccc(NC(=O)c2occc2C)cc1C#CCCO. The van der Waals surface area contributed by atoms with Gasteiger partial charge in [-0.2, -0.15) is 0 Å². The van der Waals surface area contributed by atoms with E-state index in [2.05, 4.69) is 17.2 Å². The Morgan fingerprint density at radius 2 is 2.10 bits per heavy atom. The lowest BCUT2D eigenvalue weighted by atomic mass is 10.1. The monoisotopic (exact) mass is 283 g/mol. The minimum atomic E-state index is -0.282. The second-order valence-electron chi connectivity index (χ2n) is 4.69. The van der Waals surface area contributed by atoms with Gasteiger partial charge in [-0.15, -0.1) is 0 Å². The smallest absolute Gasteiger partial charge is 0.291 e. The maximum absolute atomic E-state index is 12.1. The Kier molecular flexibility index (Phi) is 4.81. The molecule has 0 spiro atoms. The Balaban J connectivity index is 2.18. The van der Waals surface area contributed by atoms with Crippen LogP contribution in [0.1, 0.15) is 33.7 Å². The number of amides is 1. The van der Waals surface area contributed by atoms with Crippen LogP contribution < -0.4 is 5.32 Å². The molecule has 0 bridgehead atoms. The van der Waals surface area contributed by atoms with Crippen LogP contribution in [-0.4, -0.2) is 17.6 Å². The highest BCUT2D eigenvalue weighted by atomic mass is 16.3. The number of aliphatic hydroxyl groups is 1. The van der Waals surface area contributed by atoms with Crippen molar-refractivity contribution >= 4 is 11.6 Å². The summed E-state index contributed by atoms with van der Waals surface area (Å²) in [6.45, 7) is 3.81. The van der Waals surface area contributed by atoms with Crippen LogP contribution in [0, 0.1) is 25.7 Å². The number of hydrogen-bond acceptors (Lipinski definition) is 3. The summed E-state index contributed by atoms with van der Waals surface area (Å²) in [7, 11) is 0. The molecule has 0 saturated heterocycles. The molecule has 21 heavy (non-hydrogen) atoms. The Labute approximate surface area is 123 Å². The quantitative estimate of drug-likeness (QED) is 0.851. The van der Waals surface area contributed by atoms with Crippen LogP contribution >= 0.6 is 0 Å². The van der Waals surface area contributed by atoms with E-state index in [0.717, 1.165) is 16.7 Å². The number of benzene rings is 1. The lowest BCUT2D eigenvalue weighted by molar-refractivity contribution is 0.0996. The molecular weight excluding hydrogens is 266 g/mol. The van der Waals surface area contributed by atoms with Gasteiger partial charge in [-0.05, 0) is 37.6 Å². The van der Waals surface area contributed by atoms with Gasteiger partial charge in [0.1, 0.15) is 0 Å². The number of carbonyl (C=O) groups excluding carboxylic acids is 1. The summed E-state index contributed by atoms with van der Waals surface area (Å²) in [5.74, 6) is 5.89. The van der Waals surface area contributed by atoms with Crippen molar-refractivity contribution in [2.75, 3.05) is 11.9 Å². The first kappa shape index (κ1) is 14.9. The standard InChI is InChI=1S/C17H17NO3/c1-12-6-7-15(11-14(12)5-3-4-9-19)18-17(20)16-13(2)8-10-21-16/h6-8,10-11,19H,4,9H2,1-2H3,(H,18,20). The highest BCUT2D eigenvalue weighted by Gasteiger charge is 2.12. The fraction of sp³-hybridized carbons (Fsp3) is 0.235. The predicted octanol–water partition coefficient (Wildman–Crippen LogP) is 2.88. The van der Waals surface area contributed by atoms with Crippen molar-refractivity contribution in [3.8, 4) is 11.8 Å². The minimum absolute atomic E-state index is 0.0419. The third-order valence-corrected chi connectivity index (χ3v) is 3.02. The first-order valence-corrected chi connectivity index (χ1v) is 6.67. The lowest BCUT2D eigenvalue weighted by Gasteiger charge is -2.06. The fourth-order valence-corrected chi connectivity index (χ4v) is 1.84. The topological polar surface area (TPSA) is 62.5 Å². The third kappa shape index (κ3) is 3.74. The molecule has 0 atom stereocenters. The van der Waals surface area contributed by atoms with Gasteiger partial charge >= 0.3 is 0 Å². The van der Waals surface area contributed by atoms with E-state index in [-0.39, 0.29) is 12.5 Å². The molecule has 4 nitrogen and oxygen atoms in total. The Bertz CT molecular complexity index is 704. The molecule has 4 heteroatoms. The molecule has 1 amide bonds. The molecule has 108 valence electrons. The van der Waals surface area contributed by atoms with Gasteiger partial charge in [0.2, 0.25) is 0 Å². The average Bonchev–Trinajstić information content (AvgIpc) is 2.89. The molecule has 2 aromatic rings. The number of anilines is 1. The molecule has 0 aliphatic rings. The third-order valence-electron chi connectivity index (χ3n) is 3.02. The van der Waals surface area contributed by atoms with Gasteiger partial charge in [-0.1, -0.05) is 17.9 Å². The first-order valence-electron chi connectivity index (χ1n) is 6.67. The van der Waals surface area contributed by atoms with Gasteiger partial charge in [0.05, 0.1) is 12.9 Å². The summed E-state index contributed by atoms with van der Waals surface area (Å²) >= 11 is 0. The second-order valence-corrected chi connectivity index (χ2v) is 4.69. The van der Waals surface area contributed by atoms with Crippen LogP contribution in [-0.2, 0) is 0 Å². The molecule has 2 rings (SSSR count). The van der Waals surface area contributed by atoms with Crippen LogP contribution in [0.5, 0.6) is 0 Å². The van der Waals surface area contributed by atoms with E-state index >= 15 is 0 Å². The Morgan fingerprint density at radius 3 is 2.76 bits per heavy atom. The van der Waals surface area contributed by atoms with Crippen LogP contribution in [0.25, 0.3) is 0 Å². The zero-order valence-electron chi connectivity index (χ0n) is 12.1. The lowest BCUT2D eigenvalue weighted by Crippen LogP contribution is -2.12. The van der Waals surface area contributed by atoms with Crippen LogP contribution in [0.2, 0.25) is 0 Å². The molecule has 0 saturated carbocycles. The number of carbonyl (C=O) groups is 1. The van der Waals surface area contributed by atoms with Gasteiger partial charge in [0.25, 0.3) is 5.91 Å². The largest absolute Gasteiger partial charge is 0.459 e. The second kappa shape index (κ2) is 6.78. The van der Waals surface area contributed by atoms with Gasteiger partial charge in [0, 0.05) is 23.2 Å². The van der Waals surface area contributed by atoms with Gasteiger partial charge < -0.3 is 14.8 Å². The van der Waals surface area contributed by atoms with Crippen LogP contribution in [0.15, 0.2) is 34.9 Å². The molecular formula is C17H17NO3. The van der Waals surface area contributed by atoms with Crippen LogP contribution in [0.3, 0.4) is 0 Å². The van der Waals surface area contributed by atoms with Crippen molar-refractivity contribution < 1.29 is 14.3 Å². The van der Waals surface area contributed by atoms with Crippen molar-refractivity contribution in [3.63, 3.8) is 0 Å². The summed E-state index contributed by atoms with van der Waals surface area (Å²) in [5, 5.41) is 11.5. The molecule has 1 aromatic carbocycles. The number of aliphatic hydroxyl groups excluding tert-OH is 1. The predicted molar refractivity (Wildman–Crippen MR) is 81.2 cm³/mol. The molecule has 1 heterocycles. The Hall–Kier alpha value is -2.51. The number of furan rings is 1. The maximum atomic E-state index is 12.1. The van der Waals surface area contributed by atoms with Crippen molar-refractivity contribution in [2.45, 2.75) is 20.3 Å². The average molecular weight is 283 g/mol. The maximum Gasteiger partial charge on any atom is 0.291 e. The van der Waals surface area contributed by atoms with Crippen molar-refractivity contribution in [1.82, 2.24) is 0 Å². The van der Waals surface area contributed by atoms with Crippen LogP contribution in [0.4, 0.5) is 5.69 Å². The summed E-state index contributed by atoms with van der Waals surface area (Å²) in [6, 6.07) is 7.28. The fourth-order valence-electron chi connectivity index (χ4n) is 1.84. The van der Waals surface area contributed by atoms with Crippen molar-refractivity contribution in [1.29, 1.82) is 0 Å². The summed E-state index contributed by atoms with van der Waals surface area (Å²) in [6.07, 6.45) is 1.92. The van der Waals surface area contributed by atoms with Crippen molar-refractivity contribution in [3.05, 3.63) is 53.0 Å². The van der Waals surface area contributed by atoms with E-state index in [4.69, 9.17) is 9.52 Å². The van der Waals surface area contributed by atoms with Crippen molar-refractivity contribution in [2.24, 2.45) is 0 Å². The van der Waals surface area contributed by atoms with Gasteiger partial charge in [-0.3, -0.25) is 4.79 Å². The molecule has 0 radical (unpaired) electrons. The number of nitrogens with one attached hydrogen (secondary N) is 1. The summed E-state index contributed by atoms with van der Waals surface area (Å²) in [5.41, 5.74) is 3.31. The first-order chi connectivity index (χ1) is 10.1. The van der Waals surface area contributed by atoms with Gasteiger partial charge in [0.15, 0.2) is 5.76 Å². The van der Waals surface area contributed by atoms with E-state index in [1.54, 1.807) is 6.07 Å². The molecule has 0 aliphatic carbocycles. The number of hydrogen-bond donors (Lipinski definition) is 2. The normalized spacial score (nSPS) is 9.86. The molecule has 0 fully saturated rings. The van der Waals surface area contributed by atoms with E-state index < -0.39 is 0 Å². The molecule has 0 aliphatic heterocycles. The highest BCUT2D eigenvalue weighted by molar-refractivity contribution is 6.03. The van der Waals surface area contributed by atoms with E-state index in [9.17, 15) is 4.79 Å². The Morgan fingerprint density at radius 1 is 1.29 bits per heavy atom. The number of aryl methyl sites for hydroxylation is 2. The molecule has 0 unspecified atom stereocenters. The van der Waals surface area contributed by atoms with E-state index in [1.165, 1.54) is 6.26 Å². The highest BCUT2D eigenvalue weighted by Crippen LogP contribution is 2.17. The molecule has 1 aromatic heterocycles.